The first-order valence-electron chi connectivity index (χ1n) is 9.64. The molecule has 2 aromatic heterocycles. The number of aryl methyl sites for hydroxylation is 2. The number of benzene rings is 2. The summed E-state index contributed by atoms with van der Waals surface area (Å²) in [5, 5.41) is 5.31. The van der Waals surface area contributed by atoms with Crippen LogP contribution in [-0.2, 0) is 0 Å². The van der Waals surface area contributed by atoms with Crippen LogP contribution in [0.1, 0.15) is 21.5 Å². The van der Waals surface area contributed by atoms with Gasteiger partial charge in [-0.15, -0.1) is 11.3 Å². The number of anilines is 1. The second kappa shape index (κ2) is 8.97. The van der Waals surface area contributed by atoms with E-state index in [0.717, 1.165) is 39.6 Å². The van der Waals surface area contributed by atoms with Crippen molar-refractivity contribution in [3.63, 3.8) is 0 Å². The van der Waals surface area contributed by atoms with Crippen molar-refractivity contribution < 1.29 is 14.3 Å². The number of nitrogens with one attached hydrogen (secondary N) is 1. The van der Waals surface area contributed by atoms with Crippen LogP contribution in [0.2, 0.25) is 0 Å². The van der Waals surface area contributed by atoms with Crippen molar-refractivity contribution in [3.8, 4) is 28.5 Å². The van der Waals surface area contributed by atoms with Crippen LogP contribution in [0.3, 0.4) is 0 Å². The molecule has 0 bridgehead atoms. The van der Waals surface area contributed by atoms with E-state index in [2.05, 4.69) is 15.3 Å². The van der Waals surface area contributed by atoms with Crippen molar-refractivity contribution >= 4 is 22.4 Å². The number of thiazole rings is 1. The van der Waals surface area contributed by atoms with Crippen LogP contribution in [0.15, 0.2) is 66.3 Å². The number of methoxy groups -OCH3 is 1. The topological polar surface area (TPSA) is 73.3 Å². The number of nitrogens with zero attached hydrogens (tertiary/aromatic N) is 2. The molecule has 6 nitrogen and oxygen atoms in total. The number of rotatable bonds is 6. The summed E-state index contributed by atoms with van der Waals surface area (Å²) >= 11 is 1.39. The number of aromatic nitrogens is 2. The molecule has 1 N–H and O–H groups in total. The lowest BCUT2D eigenvalue weighted by molar-refractivity contribution is 0.102. The number of carbonyl (C=O) groups is 1. The zero-order valence-corrected chi connectivity index (χ0v) is 18.2. The van der Waals surface area contributed by atoms with Crippen LogP contribution in [-0.4, -0.2) is 23.0 Å². The van der Waals surface area contributed by atoms with Crippen molar-refractivity contribution in [2.45, 2.75) is 13.8 Å². The molecule has 4 rings (SSSR count). The summed E-state index contributed by atoms with van der Waals surface area (Å²) in [5.41, 5.74) is 4.32. The zero-order chi connectivity index (χ0) is 21.8. The zero-order valence-electron chi connectivity index (χ0n) is 17.4. The molecule has 7 heteroatoms. The van der Waals surface area contributed by atoms with Gasteiger partial charge in [0.2, 0.25) is 0 Å². The van der Waals surface area contributed by atoms with Gasteiger partial charge in [0.05, 0.1) is 12.8 Å². The Morgan fingerprint density at radius 1 is 0.968 bits per heavy atom. The quantitative estimate of drug-likeness (QED) is 0.413. The minimum absolute atomic E-state index is 0.209. The van der Waals surface area contributed by atoms with Gasteiger partial charge < -0.3 is 9.47 Å². The van der Waals surface area contributed by atoms with Gasteiger partial charge in [-0.1, -0.05) is 0 Å². The van der Waals surface area contributed by atoms with E-state index < -0.39 is 0 Å². The first kappa shape index (κ1) is 20.6. The van der Waals surface area contributed by atoms with Crippen LogP contribution < -0.4 is 14.8 Å². The van der Waals surface area contributed by atoms with Crippen LogP contribution >= 0.6 is 11.3 Å². The number of hydrogen-bond acceptors (Lipinski definition) is 6. The molecule has 0 aliphatic heterocycles. The average molecular weight is 432 g/mol. The molecule has 2 aromatic carbocycles. The van der Waals surface area contributed by atoms with Crippen LogP contribution in [0.5, 0.6) is 17.2 Å². The van der Waals surface area contributed by atoms with Crippen LogP contribution in [0.25, 0.3) is 11.3 Å². The lowest BCUT2D eigenvalue weighted by Gasteiger charge is -2.13. The van der Waals surface area contributed by atoms with Gasteiger partial charge in [-0.3, -0.25) is 15.1 Å². The first-order chi connectivity index (χ1) is 15.0. The van der Waals surface area contributed by atoms with Gasteiger partial charge in [0.1, 0.15) is 17.2 Å². The summed E-state index contributed by atoms with van der Waals surface area (Å²) in [4.78, 5) is 20.8. The van der Waals surface area contributed by atoms with Crippen molar-refractivity contribution in [2.24, 2.45) is 0 Å². The van der Waals surface area contributed by atoms with Crippen molar-refractivity contribution in [3.05, 3.63) is 83.0 Å². The van der Waals surface area contributed by atoms with Gasteiger partial charge >= 0.3 is 0 Å². The van der Waals surface area contributed by atoms with Gasteiger partial charge in [0.25, 0.3) is 5.91 Å². The van der Waals surface area contributed by atoms with Gasteiger partial charge in [-0.05, 0) is 73.5 Å². The Morgan fingerprint density at radius 2 is 1.61 bits per heavy atom. The van der Waals surface area contributed by atoms with E-state index in [1.807, 2.05) is 55.6 Å². The maximum absolute atomic E-state index is 12.3. The fraction of sp³-hybridized carbons (Fsp3) is 0.125. The molecular formula is C24H21N3O3S. The molecule has 4 aromatic rings. The highest BCUT2D eigenvalue weighted by atomic mass is 32.1. The first-order valence-corrected chi connectivity index (χ1v) is 10.5. The summed E-state index contributed by atoms with van der Waals surface area (Å²) in [6.45, 7) is 4.02. The van der Waals surface area contributed by atoms with Gasteiger partial charge in [0.15, 0.2) is 5.13 Å². The summed E-state index contributed by atoms with van der Waals surface area (Å²) in [5.74, 6) is 2.13. The summed E-state index contributed by atoms with van der Waals surface area (Å²) < 4.78 is 11.3. The predicted octanol–water partition coefficient (Wildman–Crippen LogP) is 5.88. The molecule has 2 heterocycles. The smallest absolute Gasteiger partial charge is 0.257 e. The van der Waals surface area contributed by atoms with Crippen molar-refractivity contribution in [1.29, 1.82) is 0 Å². The molecule has 0 aliphatic rings. The molecule has 0 atom stereocenters. The molecule has 0 saturated carbocycles. The largest absolute Gasteiger partial charge is 0.497 e. The molecule has 0 fully saturated rings. The van der Waals surface area contributed by atoms with Gasteiger partial charge in [-0.25, -0.2) is 4.98 Å². The molecule has 0 saturated heterocycles. The number of hydrogen-bond donors (Lipinski definition) is 1. The molecular weight excluding hydrogens is 410 g/mol. The third-order valence-electron chi connectivity index (χ3n) is 4.70. The Bertz CT molecular complexity index is 1180. The van der Waals surface area contributed by atoms with E-state index in [-0.39, 0.29) is 5.91 Å². The molecule has 0 unspecified atom stereocenters. The van der Waals surface area contributed by atoms with Crippen LogP contribution in [0.4, 0.5) is 5.13 Å². The SMILES string of the molecule is COc1ccc(Oc2c(C)cc(-c3csc(NC(=O)c4ccncc4)n3)cc2C)cc1. The molecule has 0 radical (unpaired) electrons. The Kier molecular flexibility index (Phi) is 5.95. The molecule has 31 heavy (non-hydrogen) atoms. The van der Waals surface area contributed by atoms with E-state index in [9.17, 15) is 4.79 Å². The number of carbonyl (C=O) groups excluding carboxylic acids is 1. The Morgan fingerprint density at radius 3 is 2.26 bits per heavy atom. The molecule has 1 amide bonds. The number of amides is 1. The van der Waals surface area contributed by atoms with Crippen molar-refractivity contribution in [2.75, 3.05) is 12.4 Å². The maximum atomic E-state index is 12.3. The number of ether oxygens (including phenoxy) is 2. The minimum atomic E-state index is -0.209. The fourth-order valence-electron chi connectivity index (χ4n) is 3.16. The Labute approximate surface area is 184 Å². The average Bonchev–Trinajstić information content (AvgIpc) is 3.25. The monoisotopic (exact) mass is 431 g/mol. The lowest BCUT2D eigenvalue weighted by Crippen LogP contribution is -2.11. The maximum Gasteiger partial charge on any atom is 0.257 e. The van der Waals surface area contributed by atoms with E-state index in [1.165, 1.54) is 11.3 Å². The Balaban J connectivity index is 1.52. The van der Waals surface area contributed by atoms with Gasteiger partial charge in [-0.2, -0.15) is 0 Å². The van der Waals surface area contributed by atoms with Crippen LogP contribution in [0, 0.1) is 13.8 Å². The normalized spacial score (nSPS) is 10.5. The fourth-order valence-corrected chi connectivity index (χ4v) is 3.87. The third-order valence-corrected chi connectivity index (χ3v) is 5.46. The highest BCUT2D eigenvalue weighted by Gasteiger charge is 2.13. The second-order valence-electron chi connectivity index (χ2n) is 6.94. The summed E-state index contributed by atoms with van der Waals surface area (Å²) in [6.07, 6.45) is 3.17. The number of pyridine rings is 1. The van der Waals surface area contributed by atoms with E-state index in [4.69, 9.17) is 9.47 Å². The summed E-state index contributed by atoms with van der Waals surface area (Å²) in [6, 6.07) is 14.9. The third kappa shape index (κ3) is 4.73. The standard InChI is InChI=1S/C24H21N3O3S/c1-15-12-18(13-16(2)22(15)30-20-6-4-19(29-3)5-7-20)21-14-31-24(26-21)27-23(28)17-8-10-25-11-9-17/h4-14H,1-3H3,(H,26,27,28). The second-order valence-corrected chi connectivity index (χ2v) is 7.80. The highest BCUT2D eigenvalue weighted by Crippen LogP contribution is 2.34. The van der Waals surface area contributed by atoms with Gasteiger partial charge in [0, 0.05) is 28.9 Å². The summed E-state index contributed by atoms with van der Waals surface area (Å²) in [7, 11) is 1.64. The highest BCUT2D eigenvalue weighted by molar-refractivity contribution is 7.14. The minimum Gasteiger partial charge on any atom is -0.497 e. The molecule has 156 valence electrons. The molecule has 0 aliphatic carbocycles. The Hall–Kier alpha value is -3.71. The van der Waals surface area contributed by atoms with E-state index in [0.29, 0.717) is 10.7 Å². The van der Waals surface area contributed by atoms with Crippen molar-refractivity contribution in [1.82, 2.24) is 9.97 Å². The van der Waals surface area contributed by atoms with E-state index >= 15 is 0 Å². The lowest BCUT2D eigenvalue weighted by atomic mass is 10.0. The van der Waals surface area contributed by atoms with E-state index in [1.54, 1.807) is 31.6 Å². The molecule has 0 spiro atoms. The predicted molar refractivity (Wildman–Crippen MR) is 122 cm³/mol.